The summed E-state index contributed by atoms with van der Waals surface area (Å²) in [6.07, 6.45) is 3.59. The van der Waals surface area contributed by atoms with Crippen LogP contribution in [-0.4, -0.2) is 41.2 Å². The first-order valence-electron chi connectivity index (χ1n) is 8.34. The minimum atomic E-state index is -0.401. The van der Waals surface area contributed by atoms with E-state index in [1.165, 1.54) is 12.3 Å². The van der Waals surface area contributed by atoms with Crippen molar-refractivity contribution < 1.29 is 9.53 Å². The van der Waals surface area contributed by atoms with Gasteiger partial charge in [-0.3, -0.25) is 9.59 Å². The molecule has 2 aromatic heterocycles. The quantitative estimate of drug-likeness (QED) is 0.875. The lowest BCUT2D eigenvalue weighted by Gasteiger charge is -2.36. The van der Waals surface area contributed by atoms with Gasteiger partial charge >= 0.3 is 0 Å². The molecule has 132 valence electrons. The Morgan fingerprint density at radius 1 is 1.32 bits per heavy atom. The summed E-state index contributed by atoms with van der Waals surface area (Å²) in [7, 11) is 0. The van der Waals surface area contributed by atoms with Crippen molar-refractivity contribution in [3.63, 3.8) is 0 Å². The van der Waals surface area contributed by atoms with Crippen molar-refractivity contribution in [2.24, 2.45) is 0 Å². The number of amides is 1. The average Bonchev–Trinajstić information content (AvgIpc) is 2.60. The zero-order valence-electron chi connectivity index (χ0n) is 14.4. The second-order valence-corrected chi connectivity index (χ2v) is 6.28. The van der Waals surface area contributed by atoms with Crippen molar-refractivity contribution in [2.45, 2.75) is 32.6 Å². The van der Waals surface area contributed by atoms with Gasteiger partial charge < -0.3 is 19.9 Å². The number of morpholine rings is 1. The smallest absolute Gasteiger partial charge is 0.260 e. The molecule has 1 saturated heterocycles. The second-order valence-electron chi connectivity index (χ2n) is 6.28. The Kier molecular flexibility index (Phi) is 5.14. The number of aromatic amines is 1. The largest absolute Gasteiger partial charge is 0.372 e. The molecule has 0 saturated carbocycles. The molecule has 1 aliphatic rings. The zero-order valence-corrected chi connectivity index (χ0v) is 14.4. The summed E-state index contributed by atoms with van der Waals surface area (Å²) in [4.78, 5) is 32.8. The number of ether oxygens (including phenoxy) is 1. The van der Waals surface area contributed by atoms with Crippen LogP contribution in [0.25, 0.3) is 0 Å². The van der Waals surface area contributed by atoms with Crippen molar-refractivity contribution in [1.82, 2.24) is 15.3 Å². The van der Waals surface area contributed by atoms with Crippen LogP contribution in [0.15, 0.2) is 41.5 Å². The maximum absolute atomic E-state index is 12.1. The third kappa shape index (κ3) is 4.24. The number of carbonyl (C=O) groups is 1. The number of hydrogen-bond donors (Lipinski definition) is 2. The van der Waals surface area contributed by atoms with Crippen molar-refractivity contribution in [3.05, 3.63) is 58.1 Å². The van der Waals surface area contributed by atoms with E-state index in [9.17, 15) is 9.59 Å². The van der Waals surface area contributed by atoms with E-state index in [1.807, 2.05) is 12.1 Å². The van der Waals surface area contributed by atoms with E-state index in [0.717, 1.165) is 24.5 Å². The Labute approximate surface area is 146 Å². The predicted octanol–water partition coefficient (Wildman–Crippen LogP) is 1.31. The number of H-pyrrole nitrogens is 1. The maximum atomic E-state index is 12.1. The van der Waals surface area contributed by atoms with Gasteiger partial charge in [0.05, 0.1) is 12.2 Å². The fourth-order valence-electron chi connectivity index (χ4n) is 2.95. The van der Waals surface area contributed by atoms with Gasteiger partial charge in [0.1, 0.15) is 11.4 Å². The van der Waals surface area contributed by atoms with Gasteiger partial charge in [0.2, 0.25) is 0 Å². The molecule has 0 spiro atoms. The number of aromatic nitrogens is 2. The zero-order chi connectivity index (χ0) is 17.8. The predicted molar refractivity (Wildman–Crippen MR) is 94.7 cm³/mol. The molecule has 2 aromatic rings. The van der Waals surface area contributed by atoms with E-state index in [0.29, 0.717) is 6.54 Å². The third-order valence-electron chi connectivity index (χ3n) is 4.07. The SMILES string of the molecule is C[C@H]1CN(c2ccc(CNC(=O)c3ccc[nH]c3=O)cn2)C[C@H](C)O1. The highest BCUT2D eigenvalue weighted by molar-refractivity contribution is 5.93. The van der Waals surface area contributed by atoms with E-state index < -0.39 is 11.5 Å². The summed E-state index contributed by atoms with van der Waals surface area (Å²) >= 11 is 0. The first-order valence-corrected chi connectivity index (χ1v) is 8.34. The van der Waals surface area contributed by atoms with E-state index >= 15 is 0 Å². The number of rotatable bonds is 4. The first-order chi connectivity index (χ1) is 12.0. The molecule has 7 nitrogen and oxygen atoms in total. The summed E-state index contributed by atoms with van der Waals surface area (Å²) in [5.74, 6) is 0.498. The van der Waals surface area contributed by atoms with E-state index in [2.05, 4.69) is 34.0 Å². The van der Waals surface area contributed by atoms with Crippen LogP contribution in [0, 0.1) is 0 Å². The highest BCUT2D eigenvalue weighted by atomic mass is 16.5. The van der Waals surface area contributed by atoms with Crippen molar-refractivity contribution in [1.29, 1.82) is 0 Å². The molecule has 0 unspecified atom stereocenters. The van der Waals surface area contributed by atoms with Gasteiger partial charge in [-0.15, -0.1) is 0 Å². The summed E-state index contributed by atoms with van der Waals surface area (Å²) in [6.45, 7) is 6.04. The molecule has 2 N–H and O–H groups in total. The number of pyridine rings is 2. The fraction of sp³-hybridized carbons (Fsp3) is 0.389. The maximum Gasteiger partial charge on any atom is 0.260 e. The normalized spacial score (nSPS) is 20.3. The molecule has 25 heavy (non-hydrogen) atoms. The molecule has 0 aliphatic carbocycles. The van der Waals surface area contributed by atoms with Gasteiger partial charge in [-0.2, -0.15) is 0 Å². The van der Waals surface area contributed by atoms with Crippen LogP contribution in [0.5, 0.6) is 0 Å². The van der Waals surface area contributed by atoms with Crippen LogP contribution in [0.2, 0.25) is 0 Å². The first kappa shape index (κ1) is 17.2. The van der Waals surface area contributed by atoms with E-state index in [-0.39, 0.29) is 17.8 Å². The lowest BCUT2D eigenvalue weighted by molar-refractivity contribution is -0.00546. The molecule has 3 rings (SSSR count). The molecule has 0 radical (unpaired) electrons. The van der Waals surface area contributed by atoms with Crippen LogP contribution in [-0.2, 0) is 11.3 Å². The Morgan fingerprint density at radius 3 is 2.72 bits per heavy atom. The Hall–Kier alpha value is -2.67. The summed E-state index contributed by atoms with van der Waals surface area (Å²) in [6, 6.07) is 7.00. The molecule has 7 heteroatoms. The average molecular weight is 342 g/mol. The number of nitrogens with one attached hydrogen (secondary N) is 2. The van der Waals surface area contributed by atoms with Gasteiger partial charge in [0.15, 0.2) is 0 Å². The van der Waals surface area contributed by atoms with Crippen molar-refractivity contribution in [3.8, 4) is 0 Å². The Morgan fingerprint density at radius 2 is 2.08 bits per heavy atom. The van der Waals surface area contributed by atoms with E-state index in [4.69, 9.17) is 4.74 Å². The van der Waals surface area contributed by atoms with Crippen LogP contribution in [0.4, 0.5) is 5.82 Å². The highest BCUT2D eigenvalue weighted by Crippen LogP contribution is 2.18. The molecule has 2 atom stereocenters. The molecule has 1 amide bonds. The van der Waals surface area contributed by atoms with Crippen LogP contribution in [0.1, 0.15) is 29.8 Å². The van der Waals surface area contributed by atoms with Crippen LogP contribution >= 0.6 is 0 Å². The Balaban J connectivity index is 1.60. The minimum Gasteiger partial charge on any atom is -0.372 e. The molecular formula is C18H22N4O3. The highest BCUT2D eigenvalue weighted by Gasteiger charge is 2.23. The topological polar surface area (TPSA) is 87.3 Å². The summed E-state index contributed by atoms with van der Waals surface area (Å²) in [5, 5.41) is 2.74. The van der Waals surface area contributed by atoms with Gasteiger partial charge in [-0.1, -0.05) is 6.07 Å². The van der Waals surface area contributed by atoms with E-state index in [1.54, 1.807) is 12.3 Å². The lowest BCUT2D eigenvalue weighted by Crippen LogP contribution is -2.45. The summed E-state index contributed by atoms with van der Waals surface area (Å²) < 4.78 is 5.73. The lowest BCUT2D eigenvalue weighted by atomic mass is 10.2. The minimum absolute atomic E-state index is 0.100. The molecule has 0 bridgehead atoms. The third-order valence-corrected chi connectivity index (χ3v) is 4.07. The molecule has 1 aliphatic heterocycles. The standard InChI is InChI=1S/C18H22N4O3/c1-12-10-22(11-13(2)25-12)16-6-5-14(8-20-16)9-21-18(24)15-4-3-7-19-17(15)23/h3-8,12-13H,9-11H2,1-2H3,(H,19,23)(H,21,24)/t12-,13-/m0/s1. The number of nitrogens with zero attached hydrogens (tertiary/aromatic N) is 2. The summed E-state index contributed by atoms with van der Waals surface area (Å²) in [5.41, 5.74) is 0.575. The number of anilines is 1. The second kappa shape index (κ2) is 7.48. The molecule has 3 heterocycles. The molecule has 0 aromatic carbocycles. The molecule has 1 fully saturated rings. The van der Waals surface area contributed by atoms with Gasteiger partial charge in [-0.05, 0) is 37.6 Å². The Bertz CT molecular complexity index is 777. The van der Waals surface area contributed by atoms with Gasteiger partial charge in [-0.25, -0.2) is 4.98 Å². The number of hydrogen-bond acceptors (Lipinski definition) is 5. The van der Waals surface area contributed by atoms with Gasteiger partial charge in [0.25, 0.3) is 11.5 Å². The van der Waals surface area contributed by atoms with Crippen molar-refractivity contribution in [2.75, 3.05) is 18.0 Å². The molecular weight excluding hydrogens is 320 g/mol. The van der Waals surface area contributed by atoms with Crippen LogP contribution in [0.3, 0.4) is 0 Å². The van der Waals surface area contributed by atoms with Crippen molar-refractivity contribution >= 4 is 11.7 Å². The van der Waals surface area contributed by atoms with Gasteiger partial charge in [0, 0.05) is 32.0 Å². The monoisotopic (exact) mass is 342 g/mol. The number of carbonyl (C=O) groups excluding carboxylic acids is 1. The van der Waals surface area contributed by atoms with Crippen LogP contribution < -0.4 is 15.8 Å². The fourth-order valence-corrected chi connectivity index (χ4v) is 2.95.